The van der Waals surface area contributed by atoms with Gasteiger partial charge in [-0.3, -0.25) is 4.79 Å². The lowest BCUT2D eigenvalue weighted by atomic mass is 10.1. The van der Waals surface area contributed by atoms with E-state index in [2.05, 4.69) is 17.1 Å². The highest BCUT2D eigenvalue weighted by atomic mass is 32.2. The highest BCUT2D eigenvalue weighted by molar-refractivity contribution is 7.89. The second-order valence-electron chi connectivity index (χ2n) is 6.91. The first-order valence-electron chi connectivity index (χ1n) is 9.62. The fraction of sp³-hybridized carbons (Fsp3) is 0.381. The Morgan fingerprint density at radius 1 is 0.964 bits per heavy atom. The highest BCUT2D eigenvalue weighted by Gasteiger charge is 2.28. The van der Waals surface area contributed by atoms with Crippen molar-refractivity contribution in [1.82, 2.24) is 9.62 Å². The van der Waals surface area contributed by atoms with Gasteiger partial charge in [-0.05, 0) is 48.4 Å². The van der Waals surface area contributed by atoms with Crippen LogP contribution in [0.3, 0.4) is 0 Å². The quantitative estimate of drug-likeness (QED) is 0.808. The Morgan fingerprint density at radius 2 is 1.57 bits per heavy atom. The summed E-state index contributed by atoms with van der Waals surface area (Å²) in [6, 6.07) is 14.6. The van der Waals surface area contributed by atoms with E-state index in [0.717, 1.165) is 24.1 Å². The second kappa shape index (κ2) is 8.75. The summed E-state index contributed by atoms with van der Waals surface area (Å²) < 4.78 is 27.4. The van der Waals surface area contributed by atoms with Gasteiger partial charge < -0.3 is 10.2 Å². The molecule has 0 spiro atoms. The molecule has 2 aromatic rings. The number of benzene rings is 2. The molecule has 2 aromatic carbocycles. The smallest absolute Gasteiger partial charge is 0.251 e. The molecule has 150 valence electrons. The molecule has 0 unspecified atom stereocenters. The van der Waals surface area contributed by atoms with Gasteiger partial charge in [0.2, 0.25) is 10.0 Å². The number of hydrogen-bond donors (Lipinski definition) is 1. The highest BCUT2D eigenvalue weighted by Crippen LogP contribution is 2.22. The van der Waals surface area contributed by atoms with Crippen LogP contribution in [0.25, 0.3) is 0 Å². The van der Waals surface area contributed by atoms with E-state index >= 15 is 0 Å². The van der Waals surface area contributed by atoms with Gasteiger partial charge in [-0.25, -0.2) is 8.42 Å². The maximum absolute atomic E-state index is 12.9. The molecule has 7 heteroatoms. The topological polar surface area (TPSA) is 69.7 Å². The zero-order chi connectivity index (χ0) is 20.1. The Hall–Kier alpha value is -2.38. The molecule has 1 aliphatic heterocycles. The molecule has 1 amide bonds. The predicted octanol–water partition coefficient (Wildman–Crippen LogP) is 2.51. The van der Waals surface area contributed by atoms with Gasteiger partial charge in [-0.15, -0.1) is 0 Å². The van der Waals surface area contributed by atoms with E-state index in [9.17, 15) is 13.2 Å². The molecule has 28 heavy (non-hydrogen) atoms. The van der Waals surface area contributed by atoms with E-state index in [0.29, 0.717) is 36.6 Å². The van der Waals surface area contributed by atoms with Crippen LogP contribution < -0.4 is 10.2 Å². The number of hydrogen-bond acceptors (Lipinski definition) is 4. The maximum atomic E-state index is 12.9. The summed E-state index contributed by atoms with van der Waals surface area (Å²) in [4.78, 5) is 14.1. The molecular weight excluding hydrogens is 374 g/mol. The van der Waals surface area contributed by atoms with Crippen molar-refractivity contribution in [2.45, 2.75) is 24.7 Å². The van der Waals surface area contributed by atoms with Crippen molar-refractivity contribution in [2.24, 2.45) is 0 Å². The number of aryl methyl sites for hydroxylation is 1. The first kappa shape index (κ1) is 20.4. The zero-order valence-corrected chi connectivity index (χ0v) is 17.2. The average molecular weight is 402 g/mol. The Balaban J connectivity index is 1.64. The van der Waals surface area contributed by atoms with Crippen molar-refractivity contribution in [2.75, 3.05) is 38.1 Å². The molecule has 1 aliphatic rings. The standard InChI is InChI=1S/C21H27N3O3S/c1-3-4-17-5-11-20(12-6-17)28(26,27)24-15-13-23(14-16-24)19-9-7-18(8-10-19)21(25)22-2/h5-12H,3-4,13-16H2,1-2H3,(H,22,25). The predicted molar refractivity (Wildman–Crippen MR) is 111 cm³/mol. The van der Waals surface area contributed by atoms with Crippen LogP contribution in [0.1, 0.15) is 29.3 Å². The molecule has 0 atom stereocenters. The number of nitrogens with one attached hydrogen (secondary N) is 1. The van der Waals surface area contributed by atoms with E-state index in [1.807, 2.05) is 24.3 Å². The lowest BCUT2D eigenvalue weighted by molar-refractivity contribution is 0.0963. The third kappa shape index (κ3) is 4.36. The second-order valence-corrected chi connectivity index (χ2v) is 8.85. The van der Waals surface area contributed by atoms with Crippen LogP contribution in [0.15, 0.2) is 53.4 Å². The van der Waals surface area contributed by atoms with Crippen LogP contribution in [-0.2, 0) is 16.4 Å². The minimum absolute atomic E-state index is 0.118. The minimum atomic E-state index is -3.47. The van der Waals surface area contributed by atoms with E-state index in [1.165, 1.54) is 0 Å². The average Bonchev–Trinajstić information content (AvgIpc) is 2.74. The Morgan fingerprint density at radius 3 is 2.11 bits per heavy atom. The molecule has 1 heterocycles. The van der Waals surface area contributed by atoms with Crippen LogP contribution in [-0.4, -0.2) is 51.9 Å². The normalized spacial score (nSPS) is 15.4. The molecule has 0 aliphatic carbocycles. The van der Waals surface area contributed by atoms with E-state index in [-0.39, 0.29) is 5.91 Å². The van der Waals surface area contributed by atoms with E-state index in [1.54, 1.807) is 35.6 Å². The summed E-state index contributed by atoms with van der Waals surface area (Å²) in [7, 11) is -1.86. The molecule has 0 bridgehead atoms. The third-order valence-corrected chi connectivity index (χ3v) is 6.97. The number of rotatable bonds is 6. The molecule has 1 N–H and O–H groups in total. The molecule has 6 nitrogen and oxygen atoms in total. The fourth-order valence-electron chi connectivity index (χ4n) is 3.42. The van der Waals surface area contributed by atoms with Gasteiger partial charge in [0.25, 0.3) is 5.91 Å². The van der Waals surface area contributed by atoms with Crippen molar-refractivity contribution in [3.63, 3.8) is 0 Å². The molecule has 1 saturated heterocycles. The summed E-state index contributed by atoms with van der Waals surface area (Å²) in [5.41, 5.74) is 2.76. The van der Waals surface area contributed by atoms with Gasteiger partial charge in [-0.1, -0.05) is 25.5 Å². The first-order valence-corrected chi connectivity index (χ1v) is 11.1. The number of piperazine rings is 1. The molecular formula is C21H27N3O3S. The van der Waals surface area contributed by atoms with Crippen molar-refractivity contribution in [1.29, 1.82) is 0 Å². The number of carbonyl (C=O) groups excluding carboxylic acids is 1. The molecule has 3 rings (SSSR count). The number of carbonyl (C=O) groups is 1. The van der Waals surface area contributed by atoms with Gasteiger partial charge in [-0.2, -0.15) is 4.31 Å². The van der Waals surface area contributed by atoms with Crippen LogP contribution in [0.2, 0.25) is 0 Å². The Labute approximate surface area is 167 Å². The van der Waals surface area contributed by atoms with Crippen molar-refractivity contribution >= 4 is 21.6 Å². The summed E-state index contributed by atoms with van der Waals surface area (Å²) in [5, 5.41) is 2.60. The van der Waals surface area contributed by atoms with E-state index < -0.39 is 10.0 Å². The summed E-state index contributed by atoms with van der Waals surface area (Å²) in [6.07, 6.45) is 2.00. The summed E-state index contributed by atoms with van der Waals surface area (Å²) in [6.45, 7) is 4.22. The molecule has 1 fully saturated rings. The molecule has 0 radical (unpaired) electrons. The van der Waals surface area contributed by atoms with Gasteiger partial charge in [0.05, 0.1) is 4.90 Å². The number of amides is 1. The first-order chi connectivity index (χ1) is 13.5. The van der Waals surface area contributed by atoms with Crippen molar-refractivity contribution < 1.29 is 13.2 Å². The van der Waals surface area contributed by atoms with Crippen LogP contribution in [0.4, 0.5) is 5.69 Å². The Bertz CT molecular complexity index is 901. The molecule has 0 saturated carbocycles. The minimum Gasteiger partial charge on any atom is -0.369 e. The van der Waals surface area contributed by atoms with Crippen molar-refractivity contribution in [3.05, 3.63) is 59.7 Å². The number of nitrogens with zero attached hydrogens (tertiary/aromatic N) is 2. The van der Waals surface area contributed by atoms with Gasteiger partial charge in [0.15, 0.2) is 0 Å². The lowest BCUT2D eigenvalue weighted by Gasteiger charge is -2.35. The van der Waals surface area contributed by atoms with Gasteiger partial charge in [0.1, 0.15) is 0 Å². The molecule has 0 aromatic heterocycles. The monoisotopic (exact) mass is 401 g/mol. The van der Waals surface area contributed by atoms with Gasteiger partial charge in [0, 0.05) is 44.5 Å². The number of anilines is 1. The van der Waals surface area contributed by atoms with Crippen LogP contribution in [0.5, 0.6) is 0 Å². The van der Waals surface area contributed by atoms with Crippen LogP contribution in [0, 0.1) is 0 Å². The fourth-order valence-corrected chi connectivity index (χ4v) is 4.84. The largest absolute Gasteiger partial charge is 0.369 e. The number of sulfonamides is 1. The lowest BCUT2D eigenvalue weighted by Crippen LogP contribution is -2.48. The SMILES string of the molecule is CCCc1ccc(S(=O)(=O)N2CCN(c3ccc(C(=O)NC)cc3)CC2)cc1. The van der Waals surface area contributed by atoms with E-state index in [4.69, 9.17) is 0 Å². The maximum Gasteiger partial charge on any atom is 0.251 e. The van der Waals surface area contributed by atoms with Crippen molar-refractivity contribution in [3.8, 4) is 0 Å². The van der Waals surface area contributed by atoms with Gasteiger partial charge >= 0.3 is 0 Å². The third-order valence-electron chi connectivity index (χ3n) is 5.06. The zero-order valence-electron chi connectivity index (χ0n) is 16.4. The summed E-state index contributed by atoms with van der Waals surface area (Å²) >= 11 is 0. The van der Waals surface area contributed by atoms with Crippen LogP contribution >= 0.6 is 0 Å². The summed E-state index contributed by atoms with van der Waals surface area (Å²) in [5.74, 6) is -0.118. The Kier molecular flexibility index (Phi) is 6.36.